The number of amides is 1. The van der Waals surface area contributed by atoms with Gasteiger partial charge in [0, 0.05) is 6.54 Å². The second kappa shape index (κ2) is 7.66. The largest absolute Gasteiger partial charge is 0.354 e. The standard InChI is InChI=1S/C11H24N2O3S/c1-5-6-7-17(15,16)13-10(4)11(14)12-8-9(2)3/h9-10,13H,5-8H2,1-4H3,(H,12,14). The predicted molar refractivity (Wildman–Crippen MR) is 69.1 cm³/mol. The van der Waals surface area contributed by atoms with Gasteiger partial charge in [0.15, 0.2) is 0 Å². The fourth-order valence-corrected chi connectivity index (χ4v) is 2.61. The Kier molecular flexibility index (Phi) is 7.38. The highest BCUT2D eigenvalue weighted by molar-refractivity contribution is 7.89. The summed E-state index contributed by atoms with van der Waals surface area (Å²) in [5, 5.41) is 2.69. The highest BCUT2D eigenvalue weighted by Gasteiger charge is 2.19. The molecular formula is C11H24N2O3S. The molecule has 5 nitrogen and oxygen atoms in total. The van der Waals surface area contributed by atoms with Crippen LogP contribution in [0.25, 0.3) is 0 Å². The lowest BCUT2D eigenvalue weighted by Gasteiger charge is -2.15. The van der Waals surface area contributed by atoms with Gasteiger partial charge in [-0.1, -0.05) is 27.2 Å². The van der Waals surface area contributed by atoms with E-state index in [-0.39, 0.29) is 11.7 Å². The molecule has 1 amide bonds. The molecule has 0 spiro atoms. The molecule has 1 unspecified atom stereocenters. The van der Waals surface area contributed by atoms with Crippen LogP contribution in [0.5, 0.6) is 0 Å². The van der Waals surface area contributed by atoms with Gasteiger partial charge < -0.3 is 5.32 Å². The summed E-state index contributed by atoms with van der Waals surface area (Å²) in [5.74, 6) is 0.146. The van der Waals surface area contributed by atoms with Gasteiger partial charge in [-0.2, -0.15) is 0 Å². The average molecular weight is 264 g/mol. The molecule has 0 aliphatic heterocycles. The molecule has 0 aromatic heterocycles. The molecular weight excluding hydrogens is 240 g/mol. The average Bonchev–Trinajstić information content (AvgIpc) is 2.22. The van der Waals surface area contributed by atoms with E-state index >= 15 is 0 Å². The van der Waals surface area contributed by atoms with Gasteiger partial charge in [0.1, 0.15) is 0 Å². The highest BCUT2D eigenvalue weighted by atomic mass is 32.2. The van der Waals surface area contributed by atoms with Crippen LogP contribution in [-0.4, -0.2) is 32.7 Å². The summed E-state index contributed by atoms with van der Waals surface area (Å²) >= 11 is 0. The van der Waals surface area contributed by atoms with Gasteiger partial charge in [-0.25, -0.2) is 13.1 Å². The van der Waals surface area contributed by atoms with Crippen molar-refractivity contribution in [1.82, 2.24) is 10.0 Å². The lowest BCUT2D eigenvalue weighted by Crippen LogP contribution is -2.46. The summed E-state index contributed by atoms with van der Waals surface area (Å²) in [6.07, 6.45) is 1.42. The minimum Gasteiger partial charge on any atom is -0.354 e. The van der Waals surface area contributed by atoms with Crippen molar-refractivity contribution >= 4 is 15.9 Å². The van der Waals surface area contributed by atoms with Crippen LogP contribution in [0.1, 0.15) is 40.5 Å². The maximum Gasteiger partial charge on any atom is 0.237 e. The van der Waals surface area contributed by atoms with E-state index in [0.29, 0.717) is 18.9 Å². The number of carbonyl (C=O) groups is 1. The van der Waals surface area contributed by atoms with Crippen LogP contribution in [0.2, 0.25) is 0 Å². The summed E-state index contributed by atoms with van der Waals surface area (Å²) in [5.41, 5.74) is 0. The van der Waals surface area contributed by atoms with Crippen molar-refractivity contribution in [2.24, 2.45) is 5.92 Å². The number of rotatable bonds is 8. The van der Waals surface area contributed by atoms with E-state index in [1.165, 1.54) is 0 Å². The monoisotopic (exact) mass is 264 g/mol. The fourth-order valence-electron chi connectivity index (χ4n) is 1.17. The number of carbonyl (C=O) groups excluding carboxylic acids is 1. The van der Waals surface area contributed by atoms with Gasteiger partial charge in [0.05, 0.1) is 11.8 Å². The number of sulfonamides is 1. The van der Waals surface area contributed by atoms with Crippen LogP contribution in [0.4, 0.5) is 0 Å². The maximum atomic E-state index is 11.6. The van der Waals surface area contributed by atoms with Gasteiger partial charge in [-0.3, -0.25) is 4.79 Å². The molecule has 0 aliphatic carbocycles. The maximum absolute atomic E-state index is 11.6. The Morgan fingerprint density at radius 2 is 1.82 bits per heavy atom. The Bertz CT molecular complexity index is 326. The van der Waals surface area contributed by atoms with E-state index in [1.807, 2.05) is 20.8 Å². The Balaban J connectivity index is 4.15. The van der Waals surface area contributed by atoms with Gasteiger partial charge >= 0.3 is 0 Å². The van der Waals surface area contributed by atoms with E-state index < -0.39 is 16.1 Å². The van der Waals surface area contributed by atoms with Gasteiger partial charge in [-0.05, 0) is 19.3 Å². The molecule has 0 bridgehead atoms. The smallest absolute Gasteiger partial charge is 0.237 e. The number of unbranched alkanes of at least 4 members (excludes halogenated alkanes) is 1. The molecule has 0 rings (SSSR count). The van der Waals surface area contributed by atoms with Crippen molar-refractivity contribution in [1.29, 1.82) is 0 Å². The first-order valence-electron chi connectivity index (χ1n) is 6.06. The number of hydrogen-bond donors (Lipinski definition) is 2. The Hall–Kier alpha value is -0.620. The van der Waals surface area contributed by atoms with E-state index in [4.69, 9.17) is 0 Å². The van der Waals surface area contributed by atoms with Crippen molar-refractivity contribution in [2.75, 3.05) is 12.3 Å². The molecule has 0 saturated carbocycles. The second-order valence-corrected chi connectivity index (χ2v) is 6.52. The lowest BCUT2D eigenvalue weighted by molar-refractivity contribution is -0.122. The predicted octanol–water partition coefficient (Wildman–Crippen LogP) is 0.867. The third kappa shape index (κ3) is 8.15. The minimum absolute atomic E-state index is 0.0747. The van der Waals surface area contributed by atoms with Crippen LogP contribution in [0.15, 0.2) is 0 Å². The van der Waals surface area contributed by atoms with E-state index in [1.54, 1.807) is 6.92 Å². The zero-order valence-corrected chi connectivity index (χ0v) is 11.9. The molecule has 6 heteroatoms. The minimum atomic E-state index is -3.34. The van der Waals surface area contributed by atoms with Gasteiger partial charge in [0.2, 0.25) is 15.9 Å². The molecule has 0 aromatic carbocycles. The molecule has 0 heterocycles. The molecule has 0 fully saturated rings. The molecule has 1 atom stereocenters. The summed E-state index contributed by atoms with van der Waals surface area (Å²) < 4.78 is 25.5. The quantitative estimate of drug-likeness (QED) is 0.683. The summed E-state index contributed by atoms with van der Waals surface area (Å²) in [4.78, 5) is 11.6. The zero-order chi connectivity index (χ0) is 13.5. The summed E-state index contributed by atoms with van der Waals surface area (Å²) in [7, 11) is -3.34. The molecule has 102 valence electrons. The Morgan fingerprint density at radius 3 is 2.29 bits per heavy atom. The normalized spacial score (nSPS) is 13.7. The fraction of sp³-hybridized carbons (Fsp3) is 0.909. The highest BCUT2D eigenvalue weighted by Crippen LogP contribution is 1.96. The summed E-state index contributed by atoms with van der Waals surface area (Å²) in [6.45, 7) is 8.00. The van der Waals surface area contributed by atoms with Crippen molar-refractivity contribution in [2.45, 2.75) is 46.6 Å². The van der Waals surface area contributed by atoms with E-state index in [9.17, 15) is 13.2 Å². The Morgan fingerprint density at radius 1 is 1.24 bits per heavy atom. The van der Waals surface area contributed by atoms with E-state index in [2.05, 4.69) is 10.0 Å². The van der Waals surface area contributed by atoms with Crippen molar-refractivity contribution in [3.63, 3.8) is 0 Å². The van der Waals surface area contributed by atoms with Gasteiger partial charge in [0.25, 0.3) is 0 Å². The molecule has 0 radical (unpaired) electrons. The number of nitrogens with one attached hydrogen (secondary N) is 2. The van der Waals surface area contributed by atoms with Crippen molar-refractivity contribution in [3.05, 3.63) is 0 Å². The Labute approximate surface area is 104 Å². The molecule has 17 heavy (non-hydrogen) atoms. The zero-order valence-electron chi connectivity index (χ0n) is 11.1. The molecule has 2 N–H and O–H groups in total. The summed E-state index contributed by atoms with van der Waals surface area (Å²) in [6, 6.07) is -0.712. The molecule has 0 aromatic rings. The first-order valence-corrected chi connectivity index (χ1v) is 7.71. The van der Waals surface area contributed by atoms with Crippen molar-refractivity contribution < 1.29 is 13.2 Å². The molecule has 0 saturated heterocycles. The van der Waals surface area contributed by atoms with E-state index in [0.717, 1.165) is 6.42 Å². The third-order valence-corrected chi connectivity index (χ3v) is 3.74. The first kappa shape index (κ1) is 16.4. The number of hydrogen-bond acceptors (Lipinski definition) is 3. The van der Waals surface area contributed by atoms with Crippen LogP contribution in [-0.2, 0) is 14.8 Å². The van der Waals surface area contributed by atoms with Crippen LogP contribution < -0.4 is 10.0 Å². The van der Waals surface area contributed by atoms with Crippen LogP contribution in [0.3, 0.4) is 0 Å². The van der Waals surface area contributed by atoms with Gasteiger partial charge in [-0.15, -0.1) is 0 Å². The van der Waals surface area contributed by atoms with Crippen LogP contribution >= 0.6 is 0 Å². The van der Waals surface area contributed by atoms with Crippen molar-refractivity contribution in [3.8, 4) is 0 Å². The lowest BCUT2D eigenvalue weighted by atomic mass is 10.2. The van der Waals surface area contributed by atoms with Crippen LogP contribution in [0, 0.1) is 5.92 Å². The second-order valence-electron chi connectivity index (χ2n) is 4.65. The third-order valence-electron chi connectivity index (χ3n) is 2.20. The first-order chi connectivity index (χ1) is 7.78. The SMILES string of the molecule is CCCCS(=O)(=O)NC(C)C(=O)NCC(C)C. The topological polar surface area (TPSA) is 75.3 Å². The molecule has 0 aliphatic rings.